The second-order valence-electron chi connectivity index (χ2n) is 7.27. The van der Waals surface area contributed by atoms with Crippen LogP contribution in [0.5, 0.6) is 0 Å². The van der Waals surface area contributed by atoms with Crippen LogP contribution in [-0.4, -0.2) is 14.3 Å². The number of carbonyl (C=O) groups excluding carboxylic acids is 1. The molecule has 2 aromatic rings. The highest BCUT2D eigenvalue weighted by Gasteiger charge is 2.17. The average Bonchev–Trinajstić information content (AvgIpc) is 2.68. The number of carbonyl (C=O) groups is 1. The normalized spacial score (nSPS) is 16.7. The van der Waals surface area contributed by atoms with Crippen molar-refractivity contribution in [3.63, 3.8) is 0 Å². The number of hydrogen-bond donors (Lipinski definition) is 2. The van der Waals surface area contributed by atoms with Gasteiger partial charge in [-0.3, -0.25) is 4.79 Å². The van der Waals surface area contributed by atoms with Gasteiger partial charge in [0.15, 0.2) is 0 Å². The SMILES string of the molecule is CC(NC(=O)c1ccc(C2CCCCC2)cc1)c1cccc(S(N)(=O)=O)c1. The number of nitrogens with one attached hydrogen (secondary N) is 1. The van der Waals surface area contributed by atoms with Crippen molar-refractivity contribution >= 4 is 15.9 Å². The highest BCUT2D eigenvalue weighted by Crippen LogP contribution is 2.32. The Morgan fingerprint density at radius 2 is 1.74 bits per heavy atom. The van der Waals surface area contributed by atoms with Gasteiger partial charge in [0.05, 0.1) is 10.9 Å². The van der Waals surface area contributed by atoms with E-state index in [2.05, 4.69) is 17.4 Å². The van der Waals surface area contributed by atoms with E-state index in [0.29, 0.717) is 17.0 Å². The summed E-state index contributed by atoms with van der Waals surface area (Å²) in [6.45, 7) is 1.82. The molecule has 2 aromatic carbocycles. The molecular weight excluding hydrogens is 360 g/mol. The van der Waals surface area contributed by atoms with Crippen LogP contribution in [0.3, 0.4) is 0 Å². The summed E-state index contributed by atoms with van der Waals surface area (Å²) in [5, 5.41) is 8.09. The van der Waals surface area contributed by atoms with Crippen molar-refractivity contribution in [1.82, 2.24) is 5.32 Å². The summed E-state index contributed by atoms with van der Waals surface area (Å²) < 4.78 is 23.0. The molecule has 1 fully saturated rings. The number of hydrogen-bond acceptors (Lipinski definition) is 3. The van der Waals surface area contributed by atoms with Gasteiger partial charge in [0.2, 0.25) is 10.0 Å². The molecule has 1 amide bonds. The van der Waals surface area contributed by atoms with Gasteiger partial charge in [0.1, 0.15) is 0 Å². The Bertz CT molecular complexity index is 901. The molecule has 0 radical (unpaired) electrons. The van der Waals surface area contributed by atoms with E-state index in [-0.39, 0.29) is 16.8 Å². The van der Waals surface area contributed by atoms with Gasteiger partial charge >= 0.3 is 0 Å². The van der Waals surface area contributed by atoms with Gasteiger partial charge in [-0.1, -0.05) is 43.5 Å². The Balaban J connectivity index is 1.68. The maximum Gasteiger partial charge on any atom is 0.251 e. The van der Waals surface area contributed by atoms with E-state index in [4.69, 9.17) is 5.14 Å². The van der Waals surface area contributed by atoms with Crippen LogP contribution in [0.25, 0.3) is 0 Å². The standard InChI is InChI=1S/C21H26N2O3S/c1-15(19-8-5-9-20(14-19)27(22,25)26)23-21(24)18-12-10-17(11-13-18)16-6-3-2-4-7-16/h5,8-16H,2-4,6-7H2,1H3,(H,23,24)(H2,22,25,26). The largest absolute Gasteiger partial charge is 0.346 e. The molecule has 1 aliphatic rings. The maximum atomic E-state index is 12.5. The Hall–Kier alpha value is -2.18. The van der Waals surface area contributed by atoms with Crippen molar-refractivity contribution < 1.29 is 13.2 Å². The molecule has 0 heterocycles. The molecule has 0 saturated heterocycles. The van der Waals surface area contributed by atoms with E-state index in [0.717, 1.165) is 0 Å². The van der Waals surface area contributed by atoms with Gasteiger partial charge in [-0.15, -0.1) is 0 Å². The van der Waals surface area contributed by atoms with Gasteiger partial charge in [0.25, 0.3) is 5.91 Å². The molecule has 0 aromatic heterocycles. The summed E-state index contributed by atoms with van der Waals surface area (Å²) in [6.07, 6.45) is 6.33. The lowest BCUT2D eigenvalue weighted by Crippen LogP contribution is -2.27. The van der Waals surface area contributed by atoms with E-state index in [1.807, 2.05) is 19.1 Å². The van der Waals surface area contributed by atoms with Crippen LogP contribution in [0, 0.1) is 0 Å². The first kappa shape index (κ1) is 19.6. The number of nitrogens with two attached hydrogens (primary N) is 1. The predicted octanol–water partition coefficient (Wildman–Crippen LogP) is 3.87. The zero-order valence-electron chi connectivity index (χ0n) is 15.5. The number of rotatable bonds is 5. The van der Waals surface area contributed by atoms with Crippen molar-refractivity contribution in [2.45, 2.75) is 55.9 Å². The lowest BCUT2D eigenvalue weighted by molar-refractivity contribution is 0.0940. The fourth-order valence-corrected chi connectivity index (χ4v) is 4.24. The van der Waals surface area contributed by atoms with Crippen molar-refractivity contribution in [3.05, 3.63) is 65.2 Å². The molecule has 1 atom stereocenters. The Morgan fingerprint density at radius 3 is 2.37 bits per heavy atom. The zero-order chi connectivity index (χ0) is 19.4. The molecule has 3 N–H and O–H groups in total. The maximum absolute atomic E-state index is 12.5. The van der Waals surface area contributed by atoms with Gasteiger partial charge in [-0.25, -0.2) is 13.6 Å². The lowest BCUT2D eigenvalue weighted by atomic mass is 9.84. The number of primary sulfonamides is 1. The summed E-state index contributed by atoms with van der Waals surface area (Å²) in [4.78, 5) is 12.6. The quantitative estimate of drug-likeness (QED) is 0.817. The minimum Gasteiger partial charge on any atom is -0.346 e. The molecule has 1 saturated carbocycles. The summed E-state index contributed by atoms with van der Waals surface area (Å²) >= 11 is 0. The van der Waals surface area contributed by atoms with Crippen molar-refractivity contribution in [1.29, 1.82) is 0 Å². The molecular formula is C21H26N2O3S. The first-order valence-corrected chi connectivity index (χ1v) is 10.9. The topological polar surface area (TPSA) is 89.3 Å². The van der Waals surface area contributed by atoms with Crippen LogP contribution in [0.4, 0.5) is 0 Å². The smallest absolute Gasteiger partial charge is 0.251 e. The Kier molecular flexibility index (Phi) is 5.97. The van der Waals surface area contributed by atoms with Crippen LogP contribution in [0.2, 0.25) is 0 Å². The molecule has 3 rings (SSSR count). The van der Waals surface area contributed by atoms with Gasteiger partial charge in [-0.2, -0.15) is 0 Å². The van der Waals surface area contributed by atoms with Crippen LogP contribution in [-0.2, 0) is 10.0 Å². The number of benzene rings is 2. The lowest BCUT2D eigenvalue weighted by Gasteiger charge is -2.22. The molecule has 0 aliphatic heterocycles. The van der Waals surface area contributed by atoms with Crippen molar-refractivity contribution in [3.8, 4) is 0 Å². The third kappa shape index (κ3) is 4.96. The third-order valence-corrected chi connectivity index (χ3v) is 6.19. The fraction of sp³-hybridized carbons (Fsp3) is 0.381. The summed E-state index contributed by atoms with van der Waals surface area (Å²) in [6, 6.07) is 13.8. The molecule has 27 heavy (non-hydrogen) atoms. The summed E-state index contributed by atoms with van der Waals surface area (Å²) in [5.74, 6) is 0.425. The highest BCUT2D eigenvalue weighted by atomic mass is 32.2. The predicted molar refractivity (Wildman–Crippen MR) is 106 cm³/mol. The fourth-order valence-electron chi connectivity index (χ4n) is 3.67. The minimum absolute atomic E-state index is 0.0398. The second kappa shape index (κ2) is 8.23. The van der Waals surface area contributed by atoms with Gasteiger partial charge in [-0.05, 0) is 61.1 Å². The minimum atomic E-state index is -3.77. The number of sulfonamides is 1. The Morgan fingerprint density at radius 1 is 1.07 bits per heavy atom. The molecule has 144 valence electrons. The monoisotopic (exact) mass is 386 g/mol. The van der Waals surface area contributed by atoms with Crippen LogP contribution in [0.15, 0.2) is 53.4 Å². The molecule has 0 bridgehead atoms. The summed E-state index contributed by atoms with van der Waals surface area (Å²) in [7, 11) is -3.77. The molecule has 0 spiro atoms. The zero-order valence-corrected chi connectivity index (χ0v) is 16.3. The van der Waals surface area contributed by atoms with Crippen LogP contribution < -0.4 is 10.5 Å². The first-order chi connectivity index (χ1) is 12.8. The third-order valence-electron chi connectivity index (χ3n) is 5.28. The highest BCUT2D eigenvalue weighted by molar-refractivity contribution is 7.89. The molecule has 5 nitrogen and oxygen atoms in total. The van der Waals surface area contributed by atoms with E-state index in [1.165, 1.54) is 49.8 Å². The molecule has 1 unspecified atom stereocenters. The first-order valence-electron chi connectivity index (χ1n) is 9.38. The Labute approximate surface area is 161 Å². The van der Waals surface area contributed by atoms with Crippen LogP contribution in [0.1, 0.15) is 72.5 Å². The van der Waals surface area contributed by atoms with Crippen molar-refractivity contribution in [2.24, 2.45) is 5.14 Å². The molecule has 6 heteroatoms. The van der Waals surface area contributed by atoms with Crippen LogP contribution >= 0.6 is 0 Å². The van der Waals surface area contributed by atoms with E-state index in [9.17, 15) is 13.2 Å². The molecule has 1 aliphatic carbocycles. The second-order valence-corrected chi connectivity index (χ2v) is 8.83. The van der Waals surface area contributed by atoms with Crippen molar-refractivity contribution in [2.75, 3.05) is 0 Å². The van der Waals surface area contributed by atoms with Gasteiger partial charge < -0.3 is 5.32 Å². The van der Waals surface area contributed by atoms with E-state index < -0.39 is 10.0 Å². The van der Waals surface area contributed by atoms with E-state index >= 15 is 0 Å². The number of amides is 1. The summed E-state index contributed by atoms with van der Waals surface area (Å²) in [5.41, 5.74) is 2.60. The van der Waals surface area contributed by atoms with Gasteiger partial charge in [0, 0.05) is 5.56 Å². The van der Waals surface area contributed by atoms with E-state index in [1.54, 1.807) is 12.1 Å². The average molecular weight is 387 g/mol.